The number of aryl methyl sites for hydroxylation is 1. The van der Waals surface area contributed by atoms with Crippen LogP contribution in [0.15, 0.2) is 30.3 Å². The van der Waals surface area contributed by atoms with Crippen molar-refractivity contribution in [3.05, 3.63) is 35.9 Å². The third-order valence-electron chi connectivity index (χ3n) is 1.98. The largest absolute Gasteiger partial charge is 0.479 e. The van der Waals surface area contributed by atoms with Crippen molar-refractivity contribution in [2.45, 2.75) is 18.9 Å². The molecule has 4 nitrogen and oxygen atoms in total. The van der Waals surface area contributed by atoms with Gasteiger partial charge in [-0.1, -0.05) is 30.3 Å². The van der Waals surface area contributed by atoms with Crippen LogP contribution in [0.2, 0.25) is 0 Å². The van der Waals surface area contributed by atoms with Crippen LogP contribution in [-0.2, 0) is 16.1 Å². The summed E-state index contributed by atoms with van der Waals surface area (Å²) in [5.74, 6) is 3.83. The summed E-state index contributed by atoms with van der Waals surface area (Å²) in [5, 5.41) is 8.65. The highest BCUT2D eigenvalue weighted by Crippen LogP contribution is 2.06. The van der Waals surface area contributed by atoms with Gasteiger partial charge in [-0.2, -0.15) is 0 Å². The van der Waals surface area contributed by atoms with Gasteiger partial charge >= 0.3 is 5.97 Å². The summed E-state index contributed by atoms with van der Waals surface area (Å²) >= 11 is 0. The molecule has 0 amide bonds. The molecule has 0 saturated heterocycles. The van der Waals surface area contributed by atoms with Gasteiger partial charge in [0.2, 0.25) is 0 Å². The molecule has 4 heteroatoms. The van der Waals surface area contributed by atoms with Gasteiger partial charge in [-0.3, -0.25) is 4.84 Å². The summed E-state index contributed by atoms with van der Waals surface area (Å²) in [6.07, 6.45) is 0.111. The van der Waals surface area contributed by atoms with E-state index in [1.54, 1.807) is 0 Å². The van der Waals surface area contributed by atoms with Gasteiger partial charge in [0.25, 0.3) is 0 Å². The summed E-state index contributed by atoms with van der Waals surface area (Å²) in [7, 11) is 0. The molecule has 14 heavy (non-hydrogen) atoms. The van der Waals surface area contributed by atoms with E-state index in [1.165, 1.54) is 0 Å². The number of nitrogens with two attached hydrogens (primary N) is 1. The normalized spacial score (nSPS) is 12.4. The van der Waals surface area contributed by atoms with Gasteiger partial charge in [0.15, 0.2) is 6.10 Å². The summed E-state index contributed by atoms with van der Waals surface area (Å²) in [6, 6.07) is 9.62. The van der Waals surface area contributed by atoms with Gasteiger partial charge in [0.1, 0.15) is 0 Å². The Kier molecular flexibility index (Phi) is 4.10. The fraction of sp³-hybridized carbons (Fsp3) is 0.300. The Morgan fingerprint density at radius 3 is 2.57 bits per heavy atom. The Balaban J connectivity index is 2.44. The molecule has 0 unspecified atom stereocenters. The van der Waals surface area contributed by atoms with Crippen molar-refractivity contribution >= 4 is 5.97 Å². The quantitative estimate of drug-likeness (QED) is 0.686. The van der Waals surface area contributed by atoms with Crippen molar-refractivity contribution in [3.8, 4) is 0 Å². The molecule has 0 spiro atoms. The number of carboxylic acid groups (broad SMARTS) is 1. The Labute approximate surface area is 82.3 Å². The van der Waals surface area contributed by atoms with Crippen LogP contribution >= 0.6 is 0 Å². The average molecular weight is 195 g/mol. The average Bonchev–Trinajstić information content (AvgIpc) is 2.20. The molecule has 0 aromatic heterocycles. The first-order valence-electron chi connectivity index (χ1n) is 4.36. The minimum atomic E-state index is -1.02. The van der Waals surface area contributed by atoms with Crippen molar-refractivity contribution in [2.75, 3.05) is 0 Å². The molecule has 1 aromatic carbocycles. The second-order valence-electron chi connectivity index (χ2n) is 2.99. The maximum Gasteiger partial charge on any atom is 0.334 e. The van der Waals surface area contributed by atoms with E-state index in [4.69, 9.17) is 11.0 Å². The Morgan fingerprint density at radius 1 is 1.43 bits per heavy atom. The zero-order valence-electron chi connectivity index (χ0n) is 7.72. The molecular formula is C10H13NO3. The second-order valence-corrected chi connectivity index (χ2v) is 2.99. The molecule has 1 atom stereocenters. The summed E-state index contributed by atoms with van der Waals surface area (Å²) in [4.78, 5) is 14.9. The molecule has 0 saturated carbocycles. The fourth-order valence-electron chi connectivity index (χ4n) is 1.19. The molecule has 3 N–H and O–H groups in total. The smallest absolute Gasteiger partial charge is 0.334 e. The van der Waals surface area contributed by atoms with Crippen LogP contribution in [0.5, 0.6) is 0 Å². The summed E-state index contributed by atoms with van der Waals surface area (Å²) < 4.78 is 0. The molecule has 0 aliphatic carbocycles. The number of rotatable bonds is 5. The molecule has 1 aromatic rings. The number of carboxylic acids is 1. The van der Waals surface area contributed by atoms with E-state index in [2.05, 4.69) is 4.84 Å². The Hall–Kier alpha value is -1.39. The van der Waals surface area contributed by atoms with Crippen molar-refractivity contribution in [1.82, 2.24) is 0 Å². The molecule has 0 aliphatic rings. The van der Waals surface area contributed by atoms with Crippen molar-refractivity contribution < 1.29 is 14.7 Å². The van der Waals surface area contributed by atoms with Crippen LogP contribution in [-0.4, -0.2) is 17.2 Å². The first-order valence-corrected chi connectivity index (χ1v) is 4.36. The first-order chi connectivity index (χ1) is 6.74. The van der Waals surface area contributed by atoms with Gasteiger partial charge in [-0.05, 0) is 18.4 Å². The number of aliphatic carboxylic acids is 1. The zero-order chi connectivity index (χ0) is 10.4. The SMILES string of the molecule is NO[C@@H](CCc1ccccc1)C(=O)O. The minimum absolute atomic E-state index is 0.385. The molecule has 76 valence electrons. The fourth-order valence-corrected chi connectivity index (χ4v) is 1.19. The molecule has 0 fully saturated rings. The van der Waals surface area contributed by atoms with Crippen molar-refractivity contribution in [3.63, 3.8) is 0 Å². The molecule has 0 heterocycles. The molecule has 0 radical (unpaired) electrons. The van der Waals surface area contributed by atoms with Gasteiger partial charge in [-0.25, -0.2) is 10.7 Å². The maximum atomic E-state index is 10.5. The molecule has 0 bridgehead atoms. The number of benzene rings is 1. The van der Waals surface area contributed by atoms with Crippen LogP contribution in [0.25, 0.3) is 0 Å². The Bertz CT molecular complexity index is 287. The lowest BCUT2D eigenvalue weighted by Gasteiger charge is -2.08. The van der Waals surface area contributed by atoms with Gasteiger partial charge in [0.05, 0.1) is 0 Å². The van der Waals surface area contributed by atoms with E-state index in [-0.39, 0.29) is 0 Å². The van der Waals surface area contributed by atoms with Crippen LogP contribution in [0.1, 0.15) is 12.0 Å². The predicted octanol–water partition coefficient (Wildman–Crippen LogP) is 0.963. The van der Waals surface area contributed by atoms with E-state index >= 15 is 0 Å². The van der Waals surface area contributed by atoms with Crippen molar-refractivity contribution in [1.29, 1.82) is 0 Å². The predicted molar refractivity (Wildman–Crippen MR) is 51.5 cm³/mol. The molecule has 0 aliphatic heterocycles. The van der Waals surface area contributed by atoms with Crippen LogP contribution in [0.3, 0.4) is 0 Å². The van der Waals surface area contributed by atoms with Gasteiger partial charge < -0.3 is 5.11 Å². The van der Waals surface area contributed by atoms with E-state index in [0.717, 1.165) is 5.56 Å². The first kappa shape index (κ1) is 10.7. The monoisotopic (exact) mass is 195 g/mol. The van der Waals surface area contributed by atoms with E-state index in [1.807, 2.05) is 30.3 Å². The highest BCUT2D eigenvalue weighted by molar-refractivity contribution is 5.72. The van der Waals surface area contributed by atoms with Crippen LogP contribution in [0, 0.1) is 0 Å². The maximum absolute atomic E-state index is 10.5. The lowest BCUT2D eigenvalue weighted by molar-refractivity contribution is -0.151. The standard InChI is InChI=1S/C10H13NO3/c11-14-9(10(12)13)7-6-8-4-2-1-3-5-8/h1-5,9H,6-7,11H2,(H,12,13)/t9-/m0/s1. The third-order valence-corrected chi connectivity index (χ3v) is 1.98. The highest BCUT2D eigenvalue weighted by atomic mass is 16.6. The minimum Gasteiger partial charge on any atom is -0.479 e. The second kappa shape index (κ2) is 5.36. The number of hydrogen-bond donors (Lipinski definition) is 2. The highest BCUT2D eigenvalue weighted by Gasteiger charge is 2.16. The van der Waals surface area contributed by atoms with Crippen molar-refractivity contribution in [2.24, 2.45) is 5.90 Å². The van der Waals surface area contributed by atoms with Crippen LogP contribution in [0.4, 0.5) is 0 Å². The van der Waals surface area contributed by atoms with E-state index < -0.39 is 12.1 Å². The molecular weight excluding hydrogens is 182 g/mol. The molecule has 1 rings (SSSR count). The number of carbonyl (C=O) groups is 1. The third kappa shape index (κ3) is 3.16. The Morgan fingerprint density at radius 2 is 2.07 bits per heavy atom. The topological polar surface area (TPSA) is 72.5 Å². The van der Waals surface area contributed by atoms with Gasteiger partial charge in [-0.15, -0.1) is 0 Å². The lowest BCUT2D eigenvalue weighted by atomic mass is 10.1. The van der Waals surface area contributed by atoms with Crippen LogP contribution < -0.4 is 5.90 Å². The zero-order valence-corrected chi connectivity index (χ0v) is 7.72. The van der Waals surface area contributed by atoms with E-state index in [0.29, 0.717) is 12.8 Å². The number of hydrogen-bond acceptors (Lipinski definition) is 3. The van der Waals surface area contributed by atoms with Gasteiger partial charge in [0, 0.05) is 0 Å². The van der Waals surface area contributed by atoms with E-state index in [9.17, 15) is 4.79 Å². The lowest BCUT2D eigenvalue weighted by Crippen LogP contribution is -2.27. The summed E-state index contributed by atoms with van der Waals surface area (Å²) in [6.45, 7) is 0. The summed E-state index contributed by atoms with van der Waals surface area (Å²) in [5.41, 5.74) is 1.08.